The van der Waals surface area contributed by atoms with Crippen LogP contribution in [0.1, 0.15) is 17.4 Å². The lowest BCUT2D eigenvalue weighted by atomic mass is 10.1. The zero-order chi connectivity index (χ0) is 17.9. The highest BCUT2D eigenvalue weighted by atomic mass is 32.1. The largest absolute Gasteiger partial charge is 0.345 e. The van der Waals surface area contributed by atoms with Gasteiger partial charge in [0.1, 0.15) is 0 Å². The lowest BCUT2D eigenvalue weighted by Crippen LogP contribution is -2.48. The average Bonchev–Trinajstić information content (AvgIpc) is 3.35. The lowest BCUT2D eigenvalue weighted by Gasteiger charge is -2.34. The summed E-state index contributed by atoms with van der Waals surface area (Å²) in [5.74, 6) is 0.0932. The fraction of sp³-hybridized carbons (Fsp3) is 0.300. The van der Waals surface area contributed by atoms with E-state index < -0.39 is 0 Å². The standard InChI is InChI=1S/C20H21N3OS2/c1-2-15-5-3-7-17-19(15)21-20(26-17)23-12-10-22(11-13-23)18(24)9-8-16-6-4-14-25-16/h3-9,14H,2,10-13H2,1H3/b9-8+. The van der Waals surface area contributed by atoms with Crippen molar-refractivity contribution in [3.63, 3.8) is 0 Å². The highest BCUT2D eigenvalue weighted by Gasteiger charge is 2.22. The SMILES string of the molecule is CCc1cccc2sc(N3CCN(C(=O)/C=C/c4cccs4)CC3)nc12. The molecule has 1 aliphatic rings. The summed E-state index contributed by atoms with van der Waals surface area (Å²) in [4.78, 5) is 22.6. The first-order chi connectivity index (χ1) is 12.7. The minimum atomic E-state index is 0.0932. The van der Waals surface area contributed by atoms with E-state index in [1.54, 1.807) is 28.7 Å². The Morgan fingerprint density at radius 2 is 2.04 bits per heavy atom. The topological polar surface area (TPSA) is 36.4 Å². The van der Waals surface area contributed by atoms with Gasteiger partial charge in [0.25, 0.3) is 0 Å². The third-order valence-electron chi connectivity index (χ3n) is 4.67. The minimum Gasteiger partial charge on any atom is -0.345 e. The van der Waals surface area contributed by atoms with Gasteiger partial charge in [-0.15, -0.1) is 11.3 Å². The quantitative estimate of drug-likeness (QED) is 0.631. The molecule has 3 heterocycles. The van der Waals surface area contributed by atoms with E-state index in [1.807, 2.05) is 28.5 Å². The molecule has 0 bridgehead atoms. The van der Waals surface area contributed by atoms with Gasteiger partial charge in [0.15, 0.2) is 5.13 Å². The van der Waals surface area contributed by atoms with Gasteiger partial charge in [0, 0.05) is 37.1 Å². The van der Waals surface area contributed by atoms with Gasteiger partial charge < -0.3 is 9.80 Å². The van der Waals surface area contributed by atoms with E-state index in [2.05, 4.69) is 30.0 Å². The molecule has 0 saturated carbocycles. The zero-order valence-electron chi connectivity index (χ0n) is 14.7. The smallest absolute Gasteiger partial charge is 0.246 e. The fourth-order valence-electron chi connectivity index (χ4n) is 3.18. The van der Waals surface area contributed by atoms with Gasteiger partial charge in [-0.3, -0.25) is 4.79 Å². The van der Waals surface area contributed by atoms with Crippen LogP contribution in [0.15, 0.2) is 41.8 Å². The van der Waals surface area contributed by atoms with Crippen LogP contribution in [0.25, 0.3) is 16.3 Å². The molecule has 2 aromatic heterocycles. The average molecular weight is 384 g/mol. The monoisotopic (exact) mass is 383 g/mol. The minimum absolute atomic E-state index is 0.0932. The maximum atomic E-state index is 12.4. The number of thiophene rings is 1. The van der Waals surface area contributed by atoms with E-state index in [-0.39, 0.29) is 5.91 Å². The summed E-state index contributed by atoms with van der Waals surface area (Å²) in [6.07, 6.45) is 4.59. The Hall–Kier alpha value is -2.18. The Bertz CT molecular complexity index is 922. The second-order valence-corrected chi connectivity index (χ2v) is 8.26. The number of carbonyl (C=O) groups excluding carboxylic acids is 1. The molecule has 134 valence electrons. The van der Waals surface area contributed by atoms with E-state index in [9.17, 15) is 4.79 Å². The molecule has 0 radical (unpaired) electrons. The van der Waals surface area contributed by atoms with Crippen molar-refractivity contribution >= 4 is 50.0 Å². The van der Waals surface area contributed by atoms with Gasteiger partial charge >= 0.3 is 0 Å². The summed E-state index contributed by atoms with van der Waals surface area (Å²) >= 11 is 3.39. The number of piperazine rings is 1. The van der Waals surface area contributed by atoms with Gasteiger partial charge in [0.2, 0.25) is 5.91 Å². The van der Waals surface area contributed by atoms with Gasteiger partial charge in [-0.1, -0.05) is 36.5 Å². The summed E-state index contributed by atoms with van der Waals surface area (Å²) in [5, 5.41) is 3.09. The molecular weight excluding hydrogens is 362 g/mol. The van der Waals surface area contributed by atoms with Crippen molar-refractivity contribution in [3.8, 4) is 0 Å². The Balaban J connectivity index is 1.41. The molecule has 0 N–H and O–H groups in total. The molecule has 1 saturated heterocycles. The highest BCUT2D eigenvalue weighted by molar-refractivity contribution is 7.22. The summed E-state index contributed by atoms with van der Waals surface area (Å²) in [7, 11) is 0. The van der Waals surface area contributed by atoms with Crippen molar-refractivity contribution in [2.75, 3.05) is 31.1 Å². The van der Waals surface area contributed by atoms with Crippen LogP contribution in [-0.4, -0.2) is 42.0 Å². The summed E-state index contributed by atoms with van der Waals surface area (Å²) in [6.45, 7) is 5.32. The van der Waals surface area contributed by atoms with E-state index in [0.717, 1.165) is 48.1 Å². The van der Waals surface area contributed by atoms with Crippen LogP contribution in [0.2, 0.25) is 0 Å². The first kappa shape index (κ1) is 17.2. The molecule has 1 fully saturated rings. The Morgan fingerprint density at radius 3 is 2.77 bits per heavy atom. The van der Waals surface area contributed by atoms with Crippen LogP contribution >= 0.6 is 22.7 Å². The van der Waals surface area contributed by atoms with Crippen LogP contribution in [0.3, 0.4) is 0 Å². The zero-order valence-corrected chi connectivity index (χ0v) is 16.4. The van der Waals surface area contributed by atoms with Gasteiger partial charge in [-0.2, -0.15) is 0 Å². The molecule has 26 heavy (non-hydrogen) atoms. The first-order valence-electron chi connectivity index (χ1n) is 8.88. The van der Waals surface area contributed by atoms with Gasteiger partial charge in [-0.05, 0) is 35.6 Å². The first-order valence-corrected chi connectivity index (χ1v) is 10.6. The molecule has 1 amide bonds. The van der Waals surface area contributed by atoms with E-state index in [4.69, 9.17) is 4.98 Å². The number of aromatic nitrogens is 1. The fourth-order valence-corrected chi connectivity index (χ4v) is 4.86. The molecule has 4 nitrogen and oxygen atoms in total. The number of amides is 1. The van der Waals surface area contributed by atoms with Crippen molar-refractivity contribution in [2.45, 2.75) is 13.3 Å². The number of rotatable bonds is 4. The molecule has 3 aromatic rings. The highest BCUT2D eigenvalue weighted by Crippen LogP contribution is 2.31. The third-order valence-corrected chi connectivity index (χ3v) is 6.59. The molecule has 0 spiro atoms. The molecular formula is C20H21N3OS2. The second kappa shape index (κ2) is 7.60. The molecule has 4 rings (SSSR count). The molecule has 1 aliphatic heterocycles. The molecule has 6 heteroatoms. The van der Waals surface area contributed by atoms with Crippen LogP contribution in [0.4, 0.5) is 5.13 Å². The van der Waals surface area contributed by atoms with Gasteiger partial charge in [0.05, 0.1) is 10.2 Å². The number of hydrogen-bond donors (Lipinski definition) is 0. The predicted octanol–water partition coefficient (Wildman–Crippen LogP) is 4.28. The van der Waals surface area contributed by atoms with E-state index in [0.29, 0.717) is 0 Å². The molecule has 0 atom stereocenters. The number of nitrogens with zero attached hydrogens (tertiary/aromatic N) is 3. The summed E-state index contributed by atoms with van der Waals surface area (Å²) in [6, 6.07) is 10.4. The van der Waals surface area contributed by atoms with Crippen molar-refractivity contribution in [1.82, 2.24) is 9.88 Å². The number of thiazole rings is 1. The Labute approximate surface area is 161 Å². The number of hydrogen-bond acceptors (Lipinski definition) is 5. The lowest BCUT2D eigenvalue weighted by molar-refractivity contribution is -0.126. The number of benzene rings is 1. The maximum absolute atomic E-state index is 12.4. The predicted molar refractivity (Wildman–Crippen MR) is 111 cm³/mol. The van der Waals surface area contributed by atoms with Crippen molar-refractivity contribution in [1.29, 1.82) is 0 Å². The van der Waals surface area contributed by atoms with Crippen LogP contribution in [0.5, 0.6) is 0 Å². The Kier molecular flexibility index (Phi) is 5.04. The van der Waals surface area contributed by atoms with Crippen LogP contribution in [0, 0.1) is 0 Å². The van der Waals surface area contributed by atoms with Crippen molar-refractivity contribution in [3.05, 3.63) is 52.2 Å². The third kappa shape index (κ3) is 3.52. The Morgan fingerprint density at radius 1 is 1.19 bits per heavy atom. The van der Waals surface area contributed by atoms with E-state index >= 15 is 0 Å². The van der Waals surface area contributed by atoms with E-state index in [1.165, 1.54) is 10.3 Å². The number of carbonyl (C=O) groups is 1. The number of para-hydroxylation sites is 1. The second-order valence-electron chi connectivity index (χ2n) is 6.27. The van der Waals surface area contributed by atoms with Gasteiger partial charge in [-0.25, -0.2) is 4.98 Å². The number of aryl methyl sites for hydroxylation is 1. The van der Waals surface area contributed by atoms with Crippen molar-refractivity contribution < 1.29 is 4.79 Å². The summed E-state index contributed by atoms with van der Waals surface area (Å²) in [5.41, 5.74) is 2.44. The maximum Gasteiger partial charge on any atom is 0.246 e. The summed E-state index contributed by atoms with van der Waals surface area (Å²) < 4.78 is 1.25. The molecule has 0 unspecified atom stereocenters. The molecule has 1 aromatic carbocycles. The normalized spacial score (nSPS) is 15.3. The number of fused-ring (bicyclic) bond motifs is 1. The van der Waals surface area contributed by atoms with Crippen molar-refractivity contribution in [2.24, 2.45) is 0 Å². The number of anilines is 1. The van der Waals surface area contributed by atoms with Crippen LogP contribution < -0.4 is 4.90 Å². The molecule has 0 aliphatic carbocycles. The van der Waals surface area contributed by atoms with Crippen LogP contribution in [-0.2, 0) is 11.2 Å².